The van der Waals surface area contributed by atoms with Crippen LogP contribution in [0.4, 0.5) is 10.5 Å². The summed E-state index contributed by atoms with van der Waals surface area (Å²) in [4.78, 5) is 17.0. The molecule has 1 aliphatic rings. The van der Waals surface area contributed by atoms with Crippen LogP contribution in [0.1, 0.15) is 24.5 Å². The third kappa shape index (κ3) is 7.45. The van der Waals surface area contributed by atoms with E-state index in [4.69, 9.17) is 4.74 Å². The second-order valence-corrected chi connectivity index (χ2v) is 9.51. The summed E-state index contributed by atoms with van der Waals surface area (Å²) in [7, 11) is 1.94. The van der Waals surface area contributed by atoms with Crippen LogP contribution in [0, 0.1) is 0 Å². The molecule has 0 aliphatic carbocycles. The lowest BCUT2D eigenvalue weighted by molar-refractivity contribution is 0.0541. The first-order valence-electron chi connectivity index (χ1n) is 12.6. The smallest absolute Gasteiger partial charge is 0.411 e. The fraction of sp³-hybridized carbons (Fsp3) is 0.345. The molecule has 0 spiro atoms. The van der Waals surface area contributed by atoms with Crippen molar-refractivity contribution in [2.24, 2.45) is 0 Å². The molecule has 0 radical (unpaired) electrons. The van der Waals surface area contributed by atoms with E-state index in [0.29, 0.717) is 12.1 Å². The minimum absolute atomic E-state index is 0.123. The fourth-order valence-electron chi connectivity index (χ4n) is 4.55. The number of hydrogen-bond acceptors (Lipinski definition) is 7. The van der Waals surface area contributed by atoms with Gasteiger partial charge in [0.05, 0.1) is 11.8 Å². The van der Waals surface area contributed by atoms with Crippen LogP contribution in [-0.4, -0.2) is 77.1 Å². The van der Waals surface area contributed by atoms with Crippen molar-refractivity contribution in [1.82, 2.24) is 9.80 Å². The Hall–Kier alpha value is -3.59. The molecule has 1 amide bonds. The van der Waals surface area contributed by atoms with Crippen molar-refractivity contribution >= 4 is 11.8 Å². The molecular formula is C29H35N3O5. The van der Waals surface area contributed by atoms with E-state index in [1.54, 1.807) is 6.07 Å². The number of likely N-dealkylation sites (tertiary alicyclic amines) is 1. The zero-order valence-electron chi connectivity index (χ0n) is 21.1. The third-order valence-electron chi connectivity index (χ3n) is 6.72. The van der Waals surface area contributed by atoms with Gasteiger partial charge in [0, 0.05) is 38.3 Å². The standard InChI is InChI=1S/C29H35N3O5/c1-31(20-28(35)22-11-12-26(33)27(34)19-22)17-18-32-15-13-23(14-16-32)37-29(36)30-25-10-6-5-9-24(25)21-7-3-2-4-8-21/h2-12,19,23,28,33-35H,13-18,20H2,1H3,(H,30,36)/t28-/m0/s1. The van der Waals surface area contributed by atoms with Crippen molar-refractivity contribution in [2.75, 3.05) is 45.1 Å². The summed E-state index contributed by atoms with van der Waals surface area (Å²) in [6.07, 6.45) is 0.221. The number of nitrogens with one attached hydrogen (secondary N) is 1. The molecule has 4 N–H and O–H groups in total. The molecule has 1 aliphatic heterocycles. The van der Waals surface area contributed by atoms with Crippen LogP contribution in [0.5, 0.6) is 11.5 Å². The van der Waals surface area contributed by atoms with Crippen LogP contribution in [0.3, 0.4) is 0 Å². The Morgan fingerprint density at radius 3 is 2.46 bits per heavy atom. The van der Waals surface area contributed by atoms with E-state index in [1.165, 1.54) is 12.1 Å². The number of para-hydroxylation sites is 1. The highest BCUT2D eigenvalue weighted by Gasteiger charge is 2.23. The van der Waals surface area contributed by atoms with Crippen molar-refractivity contribution in [2.45, 2.75) is 25.0 Å². The van der Waals surface area contributed by atoms with Gasteiger partial charge in [-0.25, -0.2) is 4.79 Å². The summed E-state index contributed by atoms with van der Waals surface area (Å²) in [5.74, 6) is -0.440. The van der Waals surface area contributed by atoms with E-state index in [9.17, 15) is 20.1 Å². The van der Waals surface area contributed by atoms with E-state index in [1.807, 2.05) is 66.5 Å². The summed E-state index contributed by atoms with van der Waals surface area (Å²) in [5, 5.41) is 32.5. The lowest BCUT2D eigenvalue weighted by Crippen LogP contribution is -2.42. The molecule has 8 nitrogen and oxygen atoms in total. The van der Waals surface area contributed by atoms with Gasteiger partial charge >= 0.3 is 6.09 Å². The van der Waals surface area contributed by atoms with Gasteiger partial charge in [0.15, 0.2) is 11.5 Å². The first-order valence-corrected chi connectivity index (χ1v) is 12.6. The number of anilines is 1. The third-order valence-corrected chi connectivity index (χ3v) is 6.72. The Morgan fingerprint density at radius 1 is 1.03 bits per heavy atom. The Morgan fingerprint density at radius 2 is 1.73 bits per heavy atom. The number of carbonyl (C=O) groups is 1. The predicted molar refractivity (Wildman–Crippen MR) is 144 cm³/mol. The van der Waals surface area contributed by atoms with Crippen molar-refractivity contribution in [3.05, 3.63) is 78.4 Å². The number of rotatable bonds is 9. The molecule has 3 aromatic carbocycles. The van der Waals surface area contributed by atoms with Crippen molar-refractivity contribution in [1.29, 1.82) is 0 Å². The quantitative estimate of drug-likeness (QED) is 0.319. The Bertz CT molecular complexity index is 1170. The number of phenols is 2. The molecule has 0 unspecified atom stereocenters. The number of hydrogen-bond donors (Lipinski definition) is 4. The number of likely N-dealkylation sites (N-methyl/N-ethyl adjacent to an activating group) is 1. The first kappa shape index (κ1) is 26.5. The minimum atomic E-state index is -0.763. The molecule has 0 bridgehead atoms. The Kier molecular flexibility index (Phi) is 9.00. The van der Waals surface area contributed by atoms with Crippen molar-refractivity contribution < 1.29 is 24.9 Å². The van der Waals surface area contributed by atoms with Crippen molar-refractivity contribution in [3.8, 4) is 22.6 Å². The van der Waals surface area contributed by atoms with Gasteiger partial charge in [-0.15, -0.1) is 0 Å². The highest BCUT2D eigenvalue weighted by Crippen LogP contribution is 2.29. The molecule has 3 aromatic rings. The zero-order chi connectivity index (χ0) is 26.2. The van der Waals surface area contributed by atoms with Crippen LogP contribution in [0.2, 0.25) is 0 Å². The molecule has 8 heteroatoms. The maximum Gasteiger partial charge on any atom is 0.411 e. The molecule has 196 valence electrons. The number of nitrogens with zero attached hydrogens (tertiary/aromatic N) is 2. The van der Waals surface area contributed by atoms with E-state index in [-0.39, 0.29) is 17.6 Å². The Balaban J connectivity index is 1.18. The van der Waals surface area contributed by atoms with Gasteiger partial charge < -0.3 is 29.9 Å². The second kappa shape index (κ2) is 12.6. The average molecular weight is 506 g/mol. The van der Waals surface area contributed by atoms with Crippen LogP contribution >= 0.6 is 0 Å². The highest BCUT2D eigenvalue weighted by molar-refractivity contribution is 5.91. The molecule has 1 saturated heterocycles. The topological polar surface area (TPSA) is 106 Å². The number of aliphatic hydroxyl groups is 1. The van der Waals surface area contributed by atoms with E-state index in [0.717, 1.165) is 55.8 Å². The summed E-state index contributed by atoms with van der Waals surface area (Å²) >= 11 is 0. The van der Waals surface area contributed by atoms with Gasteiger partial charge in [-0.3, -0.25) is 5.32 Å². The van der Waals surface area contributed by atoms with E-state index in [2.05, 4.69) is 10.2 Å². The summed E-state index contributed by atoms with van der Waals surface area (Å²) < 4.78 is 5.72. The predicted octanol–water partition coefficient (Wildman–Crippen LogP) is 4.44. The van der Waals surface area contributed by atoms with Gasteiger partial charge in [0.25, 0.3) is 0 Å². The normalized spacial score (nSPS) is 15.4. The van der Waals surface area contributed by atoms with Crippen LogP contribution in [0.15, 0.2) is 72.8 Å². The zero-order valence-corrected chi connectivity index (χ0v) is 21.1. The molecule has 37 heavy (non-hydrogen) atoms. The number of piperidine rings is 1. The minimum Gasteiger partial charge on any atom is -0.504 e. The molecule has 1 heterocycles. The lowest BCUT2D eigenvalue weighted by Gasteiger charge is -2.33. The van der Waals surface area contributed by atoms with Crippen LogP contribution in [0.25, 0.3) is 11.1 Å². The fourth-order valence-corrected chi connectivity index (χ4v) is 4.55. The monoisotopic (exact) mass is 505 g/mol. The van der Waals surface area contributed by atoms with E-state index < -0.39 is 12.2 Å². The molecule has 0 aromatic heterocycles. The lowest BCUT2D eigenvalue weighted by atomic mass is 10.0. The number of aliphatic hydroxyl groups excluding tert-OH is 1. The van der Waals surface area contributed by atoms with Crippen LogP contribution < -0.4 is 5.32 Å². The number of amides is 1. The number of benzene rings is 3. The van der Waals surface area contributed by atoms with Crippen molar-refractivity contribution in [3.63, 3.8) is 0 Å². The SMILES string of the molecule is CN(CCN1CCC(OC(=O)Nc2ccccc2-c2ccccc2)CC1)C[C@H](O)c1ccc(O)c(O)c1. The van der Waals surface area contributed by atoms with E-state index >= 15 is 0 Å². The maximum absolute atomic E-state index is 12.6. The summed E-state index contributed by atoms with van der Waals surface area (Å²) in [6, 6.07) is 22.0. The Labute approximate surface area is 217 Å². The molecular weight excluding hydrogens is 470 g/mol. The van der Waals surface area contributed by atoms with Gasteiger partial charge in [0.2, 0.25) is 0 Å². The molecule has 4 rings (SSSR count). The average Bonchev–Trinajstić information content (AvgIpc) is 2.90. The molecule has 1 fully saturated rings. The second-order valence-electron chi connectivity index (χ2n) is 9.51. The van der Waals surface area contributed by atoms with Gasteiger partial charge in [-0.1, -0.05) is 54.6 Å². The maximum atomic E-state index is 12.6. The first-order chi connectivity index (χ1) is 17.9. The highest BCUT2D eigenvalue weighted by atomic mass is 16.6. The van der Waals surface area contributed by atoms with Gasteiger partial charge in [-0.05, 0) is 49.2 Å². The molecule has 0 saturated carbocycles. The molecule has 1 atom stereocenters. The van der Waals surface area contributed by atoms with Gasteiger partial charge in [0.1, 0.15) is 6.10 Å². The largest absolute Gasteiger partial charge is 0.504 e. The van der Waals surface area contributed by atoms with Gasteiger partial charge in [-0.2, -0.15) is 0 Å². The van der Waals surface area contributed by atoms with Crippen LogP contribution in [-0.2, 0) is 4.74 Å². The number of carbonyl (C=O) groups excluding carboxylic acids is 1. The summed E-state index contributed by atoms with van der Waals surface area (Å²) in [5.41, 5.74) is 3.27. The number of phenolic OH excluding ortho intramolecular Hbond substituents is 2. The number of aromatic hydroxyl groups is 2. The summed E-state index contributed by atoms with van der Waals surface area (Å²) in [6.45, 7) is 3.69. The number of ether oxygens (including phenoxy) is 1.